The van der Waals surface area contributed by atoms with Crippen LogP contribution in [0, 0.1) is 0 Å². The Morgan fingerprint density at radius 2 is 0.795 bits per heavy atom. The van der Waals surface area contributed by atoms with E-state index in [2.05, 4.69) is 0 Å². The molecule has 0 radical (unpaired) electrons. The van der Waals surface area contributed by atoms with Crippen LogP contribution >= 0.6 is 0 Å². The number of phenols is 4. The minimum absolute atomic E-state index is 0.0747. The summed E-state index contributed by atoms with van der Waals surface area (Å²) in [6, 6.07) is 31.9. The Kier molecular flexibility index (Phi) is 9.10. The average molecular weight is 591 g/mol. The fraction of sp³-hybridized carbons (Fsp3) is 0.111. The number of hydrogen-bond acceptors (Lipinski definition) is 8. The van der Waals surface area contributed by atoms with Crippen LogP contribution in [0.5, 0.6) is 23.0 Å². The van der Waals surface area contributed by atoms with Crippen molar-refractivity contribution < 1.29 is 39.5 Å². The van der Waals surface area contributed by atoms with E-state index in [1.807, 2.05) is 0 Å². The summed E-state index contributed by atoms with van der Waals surface area (Å²) in [5, 5.41) is 38.8. The van der Waals surface area contributed by atoms with E-state index in [-0.39, 0.29) is 34.1 Å². The summed E-state index contributed by atoms with van der Waals surface area (Å²) in [5.41, 5.74) is 3.25. The van der Waals surface area contributed by atoms with Crippen LogP contribution in [0.3, 0.4) is 0 Å². The number of esters is 2. The number of hydrogen-bond donors (Lipinski definition) is 4. The van der Waals surface area contributed by atoms with Gasteiger partial charge in [-0.3, -0.25) is 0 Å². The highest BCUT2D eigenvalue weighted by molar-refractivity contribution is 5.95. The molecule has 0 bridgehead atoms. The molecular weight excluding hydrogens is 560 g/mol. The quantitative estimate of drug-likeness (QED) is 0.131. The summed E-state index contributed by atoms with van der Waals surface area (Å²) in [7, 11) is 0. The first-order valence-electron chi connectivity index (χ1n) is 13.9. The molecule has 0 spiro atoms. The molecule has 0 saturated heterocycles. The molecule has 2 unspecified atom stereocenters. The predicted octanol–water partition coefficient (Wildman–Crippen LogP) is 6.79. The van der Waals surface area contributed by atoms with Gasteiger partial charge in [-0.05, 0) is 89.0 Å². The van der Waals surface area contributed by atoms with Gasteiger partial charge >= 0.3 is 11.9 Å². The maximum Gasteiger partial charge on any atom is 0.338 e. The lowest BCUT2D eigenvalue weighted by Gasteiger charge is -2.20. The van der Waals surface area contributed by atoms with Crippen LogP contribution in [0.4, 0.5) is 0 Å². The summed E-state index contributed by atoms with van der Waals surface area (Å²) in [4.78, 5) is 26.7. The summed E-state index contributed by atoms with van der Waals surface area (Å²) in [6.07, 6.45) is -0.811. The molecule has 4 N–H and O–H groups in total. The van der Waals surface area contributed by atoms with E-state index in [0.29, 0.717) is 24.0 Å². The second kappa shape index (κ2) is 13.5. The molecule has 0 amide bonds. The van der Waals surface area contributed by atoms with Crippen molar-refractivity contribution in [3.8, 4) is 23.0 Å². The van der Waals surface area contributed by atoms with Crippen molar-refractivity contribution in [2.45, 2.75) is 25.0 Å². The zero-order chi connectivity index (χ0) is 31.1. The van der Waals surface area contributed by atoms with Crippen LogP contribution in [0.2, 0.25) is 0 Å². The minimum Gasteiger partial charge on any atom is -0.508 e. The normalized spacial score (nSPS) is 12.2. The van der Waals surface area contributed by atoms with E-state index >= 15 is 0 Å². The Morgan fingerprint density at radius 1 is 0.477 bits per heavy atom. The molecule has 8 heteroatoms. The Morgan fingerprint density at radius 3 is 1.14 bits per heavy atom. The van der Waals surface area contributed by atoms with Crippen molar-refractivity contribution in [1.82, 2.24) is 0 Å². The maximum atomic E-state index is 13.4. The van der Waals surface area contributed by atoms with Crippen molar-refractivity contribution in [3.63, 3.8) is 0 Å². The van der Waals surface area contributed by atoms with Crippen molar-refractivity contribution >= 4 is 11.9 Å². The third kappa shape index (κ3) is 7.74. The molecular formula is C36H30O8. The second-order valence-electron chi connectivity index (χ2n) is 10.3. The first-order valence-corrected chi connectivity index (χ1v) is 13.9. The molecule has 44 heavy (non-hydrogen) atoms. The lowest BCUT2D eigenvalue weighted by Crippen LogP contribution is -2.16. The fourth-order valence-electron chi connectivity index (χ4n) is 4.69. The van der Waals surface area contributed by atoms with Gasteiger partial charge in [0, 0.05) is 12.8 Å². The smallest absolute Gasteiger partial charge is 0.338 e. The van der Waals surface area contributed by atoms with Crippen LogP contribution in [-0.4, -0.2) is 32.4 Å². The Hall–Kier alpha value is -5.76. The zero-order valence-corrected chi connectivity index (χ0v) is 23.5. The zero-order valence-electron chi connectivity index (χ0n) is 23.5. The number of ether oxygens (including phenoxy) is 2. The monoisotopic (exact) mass is 590 g/mol. The number of carbonyl (C=O) groups is 2. The lowest BCUT2D eigenvalue weighted by molar-refractivity contribution is 0.0295. The molecule has 5 aromatic rings. The third-order valence-corrected chi connectivity index (χ3v) is 7.08. The van der Waals surface area contributed by atoms with Gasteiger partial charge in [-0.2, -0.15) is 0 Å². The summed E-state index contributed by atoms with van der Waals surface area (Å²) in [5.74, 6) is -0.930. The molecule has 0 heterocycles. The number of aromatic hydroxyl groups is 4. The van der Waals surface area contributed by atoms with Crippen molar-refractivity contribution in [2.24, 2.45) is 0 Å². The predicted molar refractivity (Wildman–Crippen MR) is 163 cm³/mol. The highest BCUT2D eigenvalue weighted by Crippen LogP contribution is 2.29. The standard InChI is InChI=1S/C36H30O8/c37-29-12-4-23(5-13-29)20-33(25-8-16-31(39)17-9-25)43-35(41)27-2-1-3-28(22-27)36(42)44-34(26-10-18-32(40)19-11-26)21-24-6-14-30(38)15-7-24/h1-19,22,33-34,37-40H,20-21H2. The maximum absolute atomic E-state index is 13.4. The average Bonchev–Trinajstić information content (AvgIpc) is 3.03. The number of carbonyl (C=O) groups excluding carboxylic acids is 2. The first kappa shape index (κ1) is 29.7. The van der Waals surface area contributed by atoms with E-state index in [1.165, 1.54) is 30.3 Å². The topological polar surface area (TPSA) is 134 Å². The van der Waals surface area contributed by atoms with Crippen LogP contribution in [0.25, 0.3) is 0 Å². The van der Waals surface area contributed by atoms with Crippen molar-refractivity contribution in [3.05, 3.63) is 155 Å². The molecule has 5 rings (SSSR count). The summed E-state index contributed by atoms with van der Waals surface area (Å²) >= 11 is 0. The van der Waals surface area contributed by atoms with Crippen LogP contribution in [0.15, 0.2) is 121 Å². The van der Waals surface area contributed by atoms with Gasteiger partial charge in [-0.1, -0.05) is 54.6 Å². The van der Waals surface area contributed by atoms with Gasteiger partial charge in [-0.25, -0.2) is 9.59 Å². The minimum atomic E-state index is -0.715. The van der Waals surface area contributed by atoms with Gasteiger partial charge in [-0.15, -0.1) is 0 Å². The van der Waals surface area contributed by atoms with E-state index in [0.717, 1.165) is 11.1 Å². The van der Waals surface area contributed by atoms with Crippen LogP contribution in [-0.2, 0) is 22.3 Å². The summed E-state index contributed by atoms with van der Waals surface area (Å²) in [6.45, 7) is 0. The van der Waals surface area contributed by atoms with Gasteiger partial charge in [0.2, 0.25) is 0 Å². The van der Waals surface area contributed by atoms with Crippen molar-refractivity contribution in [1.29, 1.82) is 0 Å². The van der Waals surface area contributed by atoms with Gasteiger partial charge < -0.3 is 29.9 Å². The van der Waals surface area contributed by atoms with Gasteiger partial charge in [0.1, 0.15) is 35.2 Å². The van der Waals surface area contributed by atoms with E-state index < -0.39 is 24.1 Å². The lowest BCUT2D eigenvalue weighted by atomic mass is 10.0. The highest BCUT2D eigenvalue weighted by Gasteiger charge is 2.23. The van der Waals surface area contributed by atoms with Crippen LogP contribution < -0.4 is 0 Å². The molecule has 0 saturated carbocycles. The van der Waals surface area contributed by atoms with Gasteiger partial charge in [0.05, 0.1) is 11.1 Å². The fourth-order valence-corrected chi connectivity index (χ4v) is 4.69. The Bertz CT molecular complexity index is 1580. The second-order valence-corrected chi connectivity index (χ2v) is 10.3. The molecule has 0 aliphatic carbocycles. The largest absolute Gasteiger partial charge is 0.508 e. The van der Waals surface area contributed by atoms with E-state index in [4.69, 9.17) is 9.47 Å². The Balaban J connectivity index is 1.35. The number of benzene rings is 5. The third-order valence-electron chi connectivity index (χ3n) is 7.08. The number of rotatable bonds is 10. The molecule has 0 aliphatic rings. The molecule has 5 aromatic carbocycles. The van der Waals surface area contributed by atoms with E-state index in [1.54, 1.807) is 91.0 Å². The molecule has 0 fully saturated rings. The molecule has 8 nitrogen and oxygen atoms in total. The highest BCUT2D eigenvalue weighted by atomic mass is 16.5. The molecule has 2 atom stereocenters. The van der Waals surface area contributed by atoms with Gasteiger partial charge in [0.25, 0.3) is 0 Å². The molecule has 0 aromatic heterocycles. The van der Waals surface area contributed by atoms with Crippen molar-refractivity contribution in [2.75, 3.05) is 0 Å². The molecule has 222 valence electrons. The van der Waals surface area contributed by atoms with Crippen LogP contribution in [0.1, 0.15) is 55.2 Å². The Labute approximate surface area is 254 Å². The summed E-state index contributed by atoms with van der Waals surface area (Å²) < 4.78 is 11.8. The molecule has 0 aliphatic heterocycles. The number of phenolic OH excluding ortho intramolecular Hbond substituents is 4. The van der Waals surface area contributed by atoms with Gasteiger partial charge in [0.15, 0.2) is 0 Å². The SMILES string of the molecule is O=C(OC(Cc1ccc(O)cc1)c1ccc(O)cc1)c1cccc(C(=O)OC(Cc2ccc(O)cc2)c2ccc(O)cc2)c1. The first-order chi connectivity index (χ1) is 21.2. The van der Waals surface area contributed by atoms with E-state index in [9.17, 15) is 30.0 Å².